The van der Waals surface area contributed by atoms with E-state index in [4.69, 9.17) is 0 Å². The maximum absolute atomic E-state index is 11.2. The van der Waals surface area contributed by atoms with E-state index in [9.17, 15) is 8.42 Å². The first-order valence-corrected chi connectivity index (χ1v) is 7.03. The first-order chi connectivity index (χ1) is 7.66. The van der Waals surface area contributed by atoms with Crippen LogP contribution in [0.5, 0.6) is 0 Å². The Morgan fingerprint density at radius 1 is 1.31 bits per heavy atom. The van der Waals surface area contributed by atoms with E-state index in [1.165, 1.54) is 0 Å². The fraction of sp³-hybridized carbons (Fsp3) is 0.100. The van der Waals surface area contributed by atoms with E-state index >= 15 is 0 Å². The smallest absolute Gasteiger partial charge is 0.190 e. The van der Waals surface area contributed by atoms with Crippen molar-refractivity contribution in [3.8, 4) is 0 Å². The summed E-state index contributed by atoms with van der Waals surface area (Å²) >= 11 is 1.60. The van der Waals surface area contributed by atoms with Crippen LogP contribution in [-0.2, 0) is 10.2 Å². The molecule has 0 bridgehead atoms. The Hall–Kier alpha value is -1.24. The van der Waals surface area contributed by atoms with Gasteiger partial charge in [0.15, 0.2) is 0 Å². The second-order valence-electron chi connectivity index (χ2n) is 3.48. The van der Waals surface area contributed by atoms with Crippen LogP contribution in [0.1, 0.15) is 5.56 Å². The lowest BCUT2D eigenvalue weighted by molar-refractivity contribution is 0.592. The van der Waals surface area contributed by atoms with Crippen molar-refractivity contribution >= 4 is 37.3 Å². The molecule has 6 heteroatoms. The molecule has 0 aliphatic carbocycles. The van der Waals surface area contributed by atoms with Crippen molar-refractivity contribution in [3.63, 3.8) is 0 Å². The fourth-order valence-electron chi connectivity index (χ4n) is 1.71. The topological polar surface area (TPSA) is 58.5 Å². The van der Waals surface area contributed by atoms with Crippen LogP contribution < -0.4 is 4.72 Å². The van der Waals surface area contributed by atoms with Gasteiger partial charge in [0.1, 0.15) is 0 Å². The summed E-state index contributed by atoms with van der Waals surface area (Å²) in [5.74, 6) is 0. The third-order valence-electron chi connectivity index (χ3n) is 2.44. The van der Waals surface area contributed by atoms with Gasteiger partial charge in [0.05, 0.1) is 12.3 Å². The summed E-state index contributed by atoms with van der Waals surface area (Å²) in [6.07, 6.45) is 0. The Kier molecular flexibility index (Phi) is 2.10. The molecule has 4 nitrogen and oxygen atoms in total. The summed E-state index contributed by atoms with van der Waals surface area (Å²) < 4.78 is 29.6. The van der Waals surface area contributed by atoms with E-state index < -0.39 is 10.2 Å². The second kappa shape index (κ2) is 3.38. The standard InChI is InChI=1S/C10H8N2O2S2/c13-16(14)11-5-9(12-16)8-6-15-10-4-2-1-3-7(8)10/h1-4,6,11H,5H2. The van der Waals surface area contributed by atoms with Gasteiger partial charge in [-0.05, 0) is 6.07 Å². The Bertz CT molecular complexity index is 686. The largest absolute Gasteiger partial charge is 0.320 e. The third-order valence-corrected chi connectivity index (χ3v) is 4.38. The predicted octanol–water partition coefficient (Wildman–Crippen LogP) is 1.54. The summed E-state index contributed by atoms with van der Waals surface area (Å²) in [4.78, 5) is 0. The minimum atomic E-state index is -3.45. The average molecular weight is 252 g/mol. The van der Waals surface area contributed by atoms with Crippen LogP contribution in [-0.4, -0.2) is 20.7 Å². The number of hydrogen-bond acceptors (Lipinski definition) is 3. The minimum absolute atomic E-state index is 0.281. The van der Waals surface area contributed by atoms with E-state index in [-0.39, 0.29) is 6.54 Å². The summed E-state index contributed by atoms with van der Waals surface area (Å²) in [7, 11) is -3.45. The molecule has 82 valence electrons. The zero-order chi connectivity index (χ0) is 11.2. The number of rotatable bonds is 1. The van der Waals surface area contributed by atoms with E-state index in [2.05, 4.69) is 9.12 Å². The molecular weight excluding hydrogens is 244 g/mol. The fourth-order valence-corrected chi connectivity index (χ4v) is 3.52. The second-order valence-corrected chi connectivity index (χ2v) is 5.81. The van der Waals surface area contributed by atoms with Crippen LogP contribution in [0.15, 0.2) is 34.0 Å². The van der Waals surface area contributed by atoms with Crippen molar-refractivity contribution in [2.24, 2.45) is 4.40 Å². The lowest BCUT2D eigenvalue weighted by atomic mass is 10.1. The van der Waals surface area contributed by atoms with Crippen LogP contribution in [0.2, 0.25) is 0 Å². The minimum Gasteiger partial charge on any atom is -0.190 e. The Morgan fingerprint density at radius 2 is 2.12 bits per heavy atom. The summed E-state index contributed by atoms with van der Waals surface area (Å²) in [5.41, 5.74) is 1.51. The van der Waals surface area contributed by atoms with E-state index in [1.807, 2.05) is 29.6 Å². The number of nitrogens with one attached hydrogen (secondary N) is 1. The van der Waals surface area contributed by atoms with Crippen molar-refractivity contribution in [3.05, 3.63) is 35.2 Å². The molecule has 1 aromatic carbocycles. The molecule has 0 saturated heterocycles. The lowest BCUT2D eigenvalue weighted by Crippen LogP contribution is -2.18. The quantitative estimate of drug-likeness (QED) is 0.837. The molecule has 0 saturated carbocycles. The van der Waals surface area contributed by atoms with Gasteiger partial charge in [-0.1, -0.05) is 18.2 Å². The molecule has 0 unspecified atom stereocenters. The maximum atomic E-state index is 11.2. The zero-order valence-corrected chi connectivity index (χ0v) is 9.81. The summed E-state index contributed by atoms with van der Waals surface area (Å²) in [6.45, 7) is 0.281. The predicted molar refractivity (Wildman–Crippen MR) is 65.3 cm³/mol. The van der Waals surface area contributed by atoms with Gasteiger partial charge in [0.25, 0.3) is 0 Å². The molecule has 0 amide bonds. The highest BCUT2D eigenvalue weighted by Gasteiger charge is 2.22. The van der Waals surface area contributed by atoms with Crippen LogP contribution in [0.3, 0.4) is 0 Å². The molecule has 2 aromatic rings. The third kappa shape index (κ3) is 1.55. The number of benzene rings is 1. The molecule has 1 aliphatic rings. The highest BCUT2D eigenvalue weighted by atomic mass is 32.2. The molecule has 0 radical (unpaired) electrons. The van der Waals surface area contributed by atoms with Gasteiger partial charge in [0.2, 0.25) is 0 Å². The Morgan fingerprint density at radius 3 is 2.88 bits per heavy atom. The Balaban J connectivity index is 2.21. The van der Waals surface area contributed by atoms with Gasteiger partial charge >= 0.3 is 10.2 Å². The van der Waals surface area contributed by atoms with Crippen molar-refractivity contribution in [1.29, 1.82) is 0 Å². The molecule has 1 N–H and O–H groups in total. The monoisotopic (exact) mass is 252 g/mol. The van der Waals surface area contributed by atoms with Crippen LogP contribution in [0.25, 0.3) is 10.1 Å². The van der Waals surface area contributed by atoms with Crippen LogP contribution in [0.4, 0.5) is 0 Å². The van der Waals surface area contributed by atoms with Crippen LogP contribution in [0, 0.1) is 0 Å². The number of nitrogens with zero attached hydrogens (tertiary/aromatic N) is 1. The summed E-state index contributed by atoms with van der Waals surface area (Å²) in [6, 6.07) is 7.90. The molecule has 0 spiro atoms. The Labute approximate surface area is 96.8 Å². The number of thiophene rings is 1. The molecule has 2 heterocycles. The highest BCUT2D eigenvalue weighted by Crippen LogP contribution is 2.27. The number of fused-ring (bicyclic) bond motifs is 1. The van der Waals surface area contributed by atoms with Gasteiger partial charge in [-0.15, -0.1) is 11.3 Å². The van der Waals surface area contributed by atoms with Crippen molar-refractivity contribution < 1.29 is 8.42 Å². The first kappa shape index (κ1) is 9.95. The molecule has 3 rings (SSSR count). The lowest BCUT2D eigenvalue weighted by Gasteiger charge is -1.95. The van der Waals surface area contributed by atoms with Gasteiger partial charge in [0, 0.05) is 21.0 Å². The molecule has 1 aliphatic heterocycles. The highest BCUT2D eigenvalue weighted by molar-refractivity contribution is 7.88. The summed E-state index contributed by atoms with van der Waals surface area (Å²) in [5, 5.41) is 3.01. The normalized spacial score (nSPS) is 18.9. The van der Waals surface area contributed by atoms with Gasteiger partial charge in [-0.2, -0.15) is 17.5 Å². The van der Waals surface area contributed by atoms with Gasteiger partial charge in [-0.3, -0.25) is 0 Å². The van der Waals surface area contributed by atoms with E-state index in [1.54, 1.807) is 11.3 Å². The zero-order valence-electron chi connectivity index (χ0n) is 8.17. The van der Waals surface area contributed by atoms with E-state index in [0.717, 1.165) is 15.6 Å². The average Bonchev–Trinajstić information content (AvgIpc) is 2.81. The SMILES string of the molecule is O=S1(=O)N=C(c2csc3ccccc23)CN1. The molecule has 16 heavy (non-hydrogen) atoms. The van der Waals surface area contributed by atoms with Crippen molar-refractivity contribution in [2.45, 2.75) is 0 Å². The van der Waals surface area contributed by atoms with Crippen molar-refractivity contribution in [1.82, 2.24) is 4.72 Å². The molecule has 0 atom stereocenters. The van der Waals surface area contributed by atoms with E-state index in [0.29, 0.717) is 5.71 Å². The molecular formula is C10H8N2O2S2. The van der Waals surface area contributed by atoms with Gasteiger partial charge in [-0.25, -0.2) is 0 Å². The molecule has 1 aromatic heterocycles. The number of hydrogen-bond donors (Lipinski definition) is 1. The van der Waals surface area contributed by atoms with Crippen LogP contribution >= 0.6 is 11.3 Å². The van der Waals surface area contributed by atoms with Crippen molar-refractivity contribution in [2.75, 3.05) is 6.54 Å². The first-order valence-electron chi connectivity index (χ1n) is 4.71. The van der Waals surface area contributed by atoms with Gasteiger partial charge < -0.3 is 0 Å². The maximum Gasteiger partial charge on any atom is 0.320 e. The molecule has 0 fully saturated rings.